The fraction of sp³-hybridized carbons (Fsp3) is 0.682. The first-order valence-electron chi connectivity index (χ1n) is 11.9. The maximum absolute atomic E-state index is 13.3. The molecule has 3 aliphatic rings. The Morgan fingerprint density at radius 1 is 1.42 bits per heavy atom. The normalized spacial score (nSPS) is 25.2. The Hall–Kier alpha value is -2.35. The lowest BCUT2D eigenvalue weighted by Gasteiger charge is -2.41. The molecule has 36 heavy (non-hydrogen) atoms. The molecule has 200 valence electrons. The van der Waals surface area contributed by atoms with Gasteiger partial charge in [0.2, 0.25) is 11.8 Å². The number of nitrogens with zero attached hydrogens (tertiary/aromatic N) is 3. The van der Waals surface area contributed by atoms with Gasteiger partial charge >= 0.3 is 6.18 Å². The largest absolute Gasteiger partial charge is 0.490 e. The Morgan fingerprint density at radius 3 is 3.00 bits per heavy atom. The van der Waals surface area contributed by atoms with E-state index in [-0.39, 0.29) is 38.1 Å². The van der Waals surface area contributed by atoms with Crippen LogP contribution in [0.4, 0.5) is 19.0 Å². The Labute approximate surface area is 211 Å². The van der Waals surface area contributed by atoms with Gasteiger partial charge in [-0.1, -0.05) is 11.6 Å². The highest BCUT2D eigenvalue weighted by Gasteiger charge is 2.51. The van der Waals surface area contributed by atoms with Crippen molar-refractivity contribution in [2.45, 2.75) is 44.1 Å². The van der Waals surface area contributed by atoms with E-state index in [1.54, 1.807) is 24.1 Å². The highest BCUT2D eigenvalue weighted by Crippen LogP contribution is 2.34. The zero-order valence-corrected chi connectivity index (χ0v) is 20.6. The average molecular weight is 535 g/mol. The highest BCUT2D eigenvalue weighted by atomic mass is 35.5. The fourth-order valence-corrected chi connectivity index (χ4v) is 4.95. The van der Waals surface area contributed by atoms with Crippen LogP contribution >= 0.6 is 11.6 Å². The predicted molar refractivity (Wildman–Crippen MR) is 125 cm³/mol. The third-order valence-electron chi connectivity index (χ3n) is 6.51. The Morgan fingerprint density at radius 2 is 2.22 bits per heavy atom. The van der Waals surface area contributed by atoms with Crippen molar-refractivity contribution >= 4 is 29.2 Å². The third-order valence-corrected chi connectivity index (χ3v) is 6.72. The minimum atomic E-state index is -4.66. The number of aromatic nitrogens is 1. The van der Waals surface area contributed by atoms with Gasteiger partial charge in [0.25, 0.3) is 0 Å². The summed E-state index contributed by atoms with van der Waals surface area (Å²) in [6, 6.07) is 0.262. The van der Waals surface area contributed by atoms with Crippen molar-refractivity contribution in [1.82, 2.24) is 26.1 Å². The number of rotatable bonds is 7. The number of hydrazine groups is 1. The van der Waals surface area contributed by atoms with Crippen LogP contribution in [-0.4, -0.2) is 92.0 Å². The van der Waals surface area contributed by atoms with Crippen LogP contribution in [0.2, 0.25) is 5.02 Å². The van der Waals surface area contributed by atoms with Crippen molar-refractivity contribution in [3.05, 3.63) is 17.3 Å². The number of carbonyl (C=O) groups excluding carboxylic acids is 2. The maximum Gasteiger partial charge on any atom is 0.402 e. The highest BCUT2D eigenvalue weighted by molar-refractivity contribution is 6.30. The van der Waals surface area contributed by atoms with Crippen LogP contribution in [0.25, 0.3) is 0 Å². The number of carbonyl (C=O) groups is 2. The molecule has 3 N–H and O–H groups in total. The first-order valence-corrected chi connectivity index (χ1v) is 12.3. The van der Waals surface area contributed by atoms with Crippen LogP contribution in [0.3, 0.4) is 0 Å². The summed E-state index contributed by atoms with van der Waals surface area (Å²) >= 11 is 6.04. The van der Waals surface area contributed by atoms with Gasteiger partial charge in [0.05, 0.1) is 37.3 Å². The van der Waals surface area contributed by atoms with Crippen LogP contribution in [-0.2, 0) is 14.3 Å². The van der Waals surface area contributed by atoms with E-state index in [0.29, 0.717) is 37.0 Å². The Balaban J connectivity index is 1.21. The van der Waals surface area contributed by atoms with Crippen molar-refractivity contribution in [3.8, 4) is 5.75 Å². The van der Waals surface area contributed by atoms with E-state index in [9.17, 15) is 22.8 Å². The zero-order valence-electron chi connectivity index (χ0n) is 19.8. The number of fused-ring (bicyclic) bond motifs is 3. The lowest BCUT2D eigenvalue weighted by molar-refractivity contribution is -0.193. The average Bonchev–Trinajstić information content (AvgIpc) is 2.99. The van der Waals surface area contributed by atoms with Gasteiger partial charge in [0.1, 0.15) is 0 Å². The van der Waals surface area contributed by atoms with Gasteiger partial charge in [-0.2, -0.15) is 13.2 Å². The number of anilines is 1. The number of halogens is 4. The van der Waals surface area contributed by atoms with Crippen LogP contribution in [0.1, 0.15) is 19.8 Å². The van der Waals surface area contributed by atoms with Crippen molar-refractivity contribution in [3.63, 3.8) is 0 Å². The van der Waals surface area contributed by atoms with E-state index in [1.807, 2.05) is 5.43 Å². The molecule has 14 heteroatoms. The molecular weight excluding hydrogens is 505 g/mol. The molecule has 4 heterocycles. The SMILES string of the molecule is C[C@@H](COCCC(=O)N1CCN2c3ncc(Cl)cc3OCC[C@H]2C1)NC1CNNC(=O)C1C(F)(F)F. The molecule has 1 aromatic heterocycles. The monoisotopic (exact) mass is 534 g/mol. The van der Waals surface area contributed by atoms with E-state index in [4.69, 9.17) is 21.1 Å². The predicted octanol–water partition coefficient (Wildman–Crippen LogP) is 1.10. The van der Waals surface area contributed by atoms with E-state index in [2.05, 4.69) is 20.6 Å². The van der Waals surface area contributed by atoms with Gasteiger partial charge in [-0.3, -0.25) is 15.0 Å². The van der Waals surface area contributed by atoms with Gasteiger partial charge in [0, 0.05) is 56.9 Å². The molecule has 3 aliphatic heterocycles. The first-order chi connectivity index (χ1) is 17.1. The zero-order chi connectivity index (χ0) is 25.9. The third kappa shape index (κ3) is 6.31. The molecule has 0 saturated carbocycles. The number of nitrogens with one attached hydrogen (secondary N) is 3. The molecule has 4 rings (SSSR count). The van der Waals surface area contributed by atoms with Crippen molar-refractivity contribution in [2.75, 3.05) is 50.9 Å². The van der Waals surface area contributed by atoms with Crippen LogP contribution < -0.4 is 25.8 Å². The topological polar surface area (TPSA) is 108 Å². The standard InChI is InChI=1S/C22H30ClF3N6O4/c1-13(29-16-10-28-30-21(34)19(16)22(24,25)26)12-35-6-3-18(33)31-4-5-32-15(11-31)2-7-36-17-8-14(23)9-27-20(17)32/h8-9,13,15-16,19,28-29H,2-7,10-12H2,1H3,(H,30,34)/t13-,15-,16?,19?/m0/s1. The number of ether oxygens (including phenoxy) is 2. The second kappa shape index (κ2) is 11.4. The molecule has 0 spiro atoms. The van der Waals surface area contributed by atoms with Crippen LogP contribution in [0.5, 0.6) is 5.75 Å². The van der Waals surface area contributed by atoms with Crippen LogP contribution in [0, 0.1) is 5.92 Å². The second-order valence-corrected chi connectivity index (χ2v) is 9.62. The number of piperazine rings is 1. The minimum absolute atomic E-state index is 0.0463. The molecule has 2 unspecified atom stereocenters. The van der Waals surface area contributed by atoms with Gasteiger partial charge in [-0.25, -0.2) is 10.4 Å². The number of hydrogen-bond donors (Lipinski definition) is 3. The molecule has 1 aromatic rings. The molecule has 0 aliphatic carbocycles. The molecule has 2 saturated heterocycles. The number of pyridine rings is 1. The summed E-state index contributed by atoms with van der Waals surface area (Å²) in [6.45, 7) is 4.05. The molecule has 4 atom stereocenters. The fourth-order valence-electron chi connectivity index (χ4n) is 4.80. The quantitative estimate of drug-likeness (QED) is 0.447. The van der Waals surface area contributed by atoms with E-state index in [0.717, 1.165) is 12.2 Å². The van der Waals surface area contributed by atoms with Gasteiger partial charge in [-0.15, -0.1) is 0 Å². The summed E-state index contributed by atoms with van der Waals surface area (Å²) in [5.41, 5.74) is 4.49. The summed E-state index contributed by atoms with van der Waals surface area (Å²) in [5, 5.41) is 3.32. The lowest BCUT2D eigenvalue weighted by Crippen LogP contribution is -2.64. The molecule has 0 radical (unpaired) electrons. The summed E-state index contributed by atoms with van der Waals surface area (Å²) in [7, 11) is 0. The lowest BCUT2D eigenvalue weighted by atomic mass is 9.96. The summed E-state index contributed by atoms with van der Waals surface area (Å²) < 4.78 is 51.1. The Bertz CT molecular complexity index is 955. The number of alkyl halides is 3. The second-order valence-electron chi connectivity index (χ2n) is 9.19. The Kier molecular flexibility index (Phi) is 8.43. The first kappa shape index (κ1) is 26.7. The number of hydrogen-bond acceptors (Lipinski definition) is 8. The molecule has 0 bridgehead atoms. The van der Waals surface area contributed by atoms with Crippen molar-refractivity contribution < 1.29 is 32.2 Å². The van der Waals surface area contributed by atoms with Crippen molar-refractivity contribution in [2.24, 2.45) is 5.92 Å². The van der Waals surface area contributed by atoms with E-state index < -0.39 is 30.1 Å². The van der Waals surface area contributed by atoms with Gasteiger partial charge in [-0.05, 0) is 6.92 Å². The van der Waals surface area contributed by atoms with Crippen LogP contribution in [0.15, 0.2) is 12.3 Å². The number of amides is 2. The molecule has 10 nitrogen and oxygen atoms in total. The summed E-state index contributed by atoms with van der Waals surface area (Å²) in [6.07, 6.45) is -2.17. The molecule has 2 fully saturated rings. The van der Waals surface area contributed by atoms with E-state index in [1.165, 1.54) is 0 Å². The van der Waals surface area contributed by atoms with Crippen molar-refractivity contribution in [1.29, 1.82) is 0 Å². The maximum atomic E-state index is 13.3. The molecule has 0 aromatic carbocycles. The van der Waals surface area contributed by atoms with E-state index >= 15 is 0 Å². The summed E-state index contributed by atoms with van der Waals surface area (Å²) in [5.74, 6) is -1.93. The van der Waals surface area contributed by atoms with Gasteiger partial charge < -0.3 is 24.6 Å². The minimum Gasteiger partial charge on any atom is -0.490 e. The molecular formula is C22H30ClF3N6O4. The smallest absolute Gasteiger partial charge is 0.402 e. The molecule has 2 amide bonds. The summed E-state index contributed by atoms with van der Waals surface area (Å²) in [4.78, 5) is 32.8. The van der Waals surface area contributed by atoms with Gasteiger partial charge in [0.15, 0.2) is 17.5 Å².